The van der Waals surface area contributed by atoms with Crippen LogP contribution in [0.1, 0.15) is 33.7 Å². The quantitative estimate of drug-likeness (QED) is 0.720. The number of aromatic nitrogens is 1. The molecule has 1 aliphatic heterocycles. The summed E-state index contributed by atoms with van der Waals surface area (Å²) in [7, 11) is 0. The van der Waals surface area contributed by atoms with Crippen LogP contribution in [0.4, 0.5) is 0 Å². The minimum Gasteiger partial charge on any atom is -0.394 e. The van der Waals surface area contributed by atoms with Crippen LogP contribution < -0.4 is 0 Å². The summed E-state index contributed by atoms with van der Waals surface area (Å²) in [6, 6.07) is 3.22. The number of nitrogens with zero attached hydrogens (tertiary/aromatic N) is 2. The third kappa shape index (κ3) is 1.01. The lowest BCUT2D eigenvalue weighted by atomic mass is 10.2. The van der Waals surface area contributed by atoms with Crippen molar-refractivity contribution in [2.24, 2.45) is 0 Å². The highest BCUT2D eigenvalue weighted by molar-refractivity contribution is 6.21. The number of rotatable bonds is 2. The van der Waals surface area contributed by atoms with Gasteiger partial charge in [-0.25, -0.2) is 0 Å². The molecular formula is C11H10N2O3. The van der Waals surface area contributed by atoms with E-state index in [4.69, 9.17) is 0 Å². The molecule has 16 heavy (non-hydrogen) atoms. The van der Waals surface area contributed by atoms with Crippen molar-refractivity contribution in [3.63, 3.8) is 0 Å². The van der Waals surface area contributed by atoms with Crippen molar-refractivity contribution >= 4 is 11.8 Å². The molecule has 0 radical (unpaired) electrons. The highest BCUT2D eigenvalue weighted by atomic mass is 16.3. The van der Waals surface area contributed by atoms with Gasteiger partial charge in [0.2, 0.25) is 0 Å². The van der Waals surface area contributed by atoms with Crippen molar-refractivity contribution in [3.05, 3.63) is 29.6 Å². The summed E-state index contributed by atoms with van der Waals surface area (Å²) in [5.41, 5.74) is -0.117. The Morgan fingerprint density at radius 1 is 1.38 bits per heavy atom. The average Bonchev–Trinajstić information content (AvgIpc) is 3.05. The summed E-state index contributed by atoms with van der Waals surface area (Å²) in [5, 5.41) is 9.26. The molecule has 2 amide bonds. The Bertz CT molecular complexity index is 459. The van der Waals surface area contributed by atoms with Crippen LogP contribution in [0.5, 0.6) is 0 Å². The van der Waals surface area contributed by atoms with E-state index in [2.05, 4.69) is 4.98 Å². The molecule has 1 fully saturated rings. The molecule has 1 aromatic heterocycles. The zero-order chi connectivity index (χ0) is 11.3. The first-order valence-corrected chi connectivity index (χ1v) is 5.14. The molecule has 82 valence electrons. The van der Waals surface area contributed by atoms with Gasteiger partial charge in [0, 0.05) is 6.20 Å². The molecule has 0 aromatic carbocycles. The number of hydrogen-bond acceptors (Lipinski definition) is 4. The fourth-order valence-electron chi connectivity index (χ4n) is 2.09. The molecule has 5 heteroatoms. The molecule has 1 N–H and O–H groups in total. The Labute approximate surface area is 91.7 Å². The van der Waals surface area contributed by atoms with Crippen molar-refractivity contribution in [1.82, 2.24) is 9.88 Å². The van der Waals surface area contributed by atoms with Gasteiger partial charge in [0.1, 0.15) is 5.69 Å². The number of carbonyl (C=O) groups excluding carboxylic acids is 2. The van der Waals surface area contributed by atoms with Crippen LogP contribution in [0.3, 0.4) is 0 Å². The maximum atomic E-state index is 12.0. The summed E-state index contributed by atoms with van der Waals surface area (Å²) >= 11 is 0. The molecule has 1 aromatic rings. The number of hydrogen-bond donors (Lipinski definition) is 1. The second-order valence-electron chi connectivity index (χ2n) is 4.23. The van der Waals surface area contributed by atoms with E-state index in [1.165, 1.54) is 11.1 Å². The van der Waals surface area contributed by atoms with Crippen molar-refractivity contribution < 1.29 is 14.7 Å². The van der Waals surface area contributed by atoms with Crippen molar-refractivity contribution in [1.29, 1.82) is 0 Å². The monoisotopic (exact) mass is 218 g/mol. The Morgan fingerprint density at radius 2 is 2.12 bits per heavy atom. The molecule has 0 bridgehead atoms. The smallest absolute Gasteiger partial charge is 0.280 e. The summed E-state index contributed by atoms with van der Waals surface area (Å²) < 4.78 is 0. The van der Waals surface area contributed by atoms with Gasteiger partial charge in [-0.3, -0.25) is 19.5 Å². The van der Waals surface area contributed by atoms with Crippen LogP contribution in [0.25, 0.3) is 0 Å². The molecule has 2 heterocycles. The van der Waals surface area contributed by atoms with E-state index in [0.29, 0.717) is 18.4 Å². The van der Waals surface area contributed by atoms with Crippen LogP contribution in [-0.2, 0) is 0 Å². The number of carbonyl (C=O) groups is 2. The fourth-order valence-corrected chi connectivity index (χ4v) is 2.09. The summed E-state index contributed by atoms with van der Waals surface area (Å²) in [6.45, 7) is -0.168. The number of aliphatic hydroxyl groups is 1. The fraction of sp³-hybridized carbons (Fsp3) is 0.364. The molecule has 0 unspecified atom stereocenters. The summed E-state index contributed by atoms with van der Waals surface area (Å²) in [5.74, 6) is -0.716. The SMILES string of the molecule is O=C1c2cccnc2C(=O)N1C1(CO)CC1. The van der Waals surface area contributed by atoms with Crippen molar-refractivity contribution in [3.8, 4) is 0 Å². The number of imide groups is 1. The first kappa shape index (κ1) is 9.47. The Hall–Kier alpha value is -1.75. The van der Waals surface area contributed by atoms with Gasteiger partial charge in [0.15, 0.2) is 0 Å². The van der Waals surface area contributed by atoms with Crippen LogP contribution in [0.2, 0.25) is 0 Å². The minimum absolute atomic E-state index is 0.168. The molecule has 0 spiro atoms. The van der Waals surface area contributed by atoms with Crippen LogP contribution in [0, 0.1) is 0 Å². The van der Waals surface area contributed by atoms with Crippen LogP contribution in [-0.4, -0.2) is 39.0 Å². The van der Waals surface area contributed by atoms with Gasteiger partial charge in [0.05, 0.1) is 17.7 Å². The average molecular weight is 218 g/mol. The molecule has 0 atom stereocenters. The maximum Gasteiger partial charge on any atom is 0.280 e. The molecule has 1 aliphatic carbocycles. The molecule has 0 saturated heterocycles. The van der Waals surface area contributed by atoms with E-state index < -0.39 is 5.54 Å². The van der Waals surface area contributed by atoms with Gasteiger partial charge < -0.3 is 5.11 Å². The number of amides is 2. The minimum atomic E-state index is -0.658. The van der Waals surface area contributed by atoms with Gasteiger partial charge >= 0.3 is 0 Å². The van der Waals surface area contributed by atoms with E-state index in [9.17, 15) is 14.7 Å². The van der Waals surface area contributed by atoms with Gasteiger partial charge in [-0.1, -0.05) is 0 Å². The highest BCUT2D eigenvalue weighted by Gasteiger charge is 2.56. The normalized spacial score (nSPS) is 21.2. The van der Waals surface area contributed by atoms with Crippen LogP contribution >= 0.6 is 0 Å². The summed E-state index contributed by atoms with van der Waals surface area (Å²) in [6.07, 6.45) is 2.84. The van der Waals surface area contributed by atoms with E-state index in [0.717, 1.165) is 0 Å². The van der Waals surface area contributed by atoms with Crippen molar-refractivity contribution in [2.45, 2.75) is 18.4 Å². The molecule has 3 rings (SSSR count). The second kappa shape index (κ2) is 2.89. The first-order chi connectivity index (χ1) is 7.69. The lowest BCUT2D eigenvalue weighted by molar-refractivity contribution is 0.0477. The second-order valence-corrected chi connectivity index (χ2v) is 4.23. The van der Waals surface area contributed by atoms with E-state index >= 15 is 0 Å². The standard InChI is InChI=1S/C11H10N2O3/c14-6-11(3-4-11)13-9(15)7-2-1-5-12-8(7)10(13)16/h1-2,5,14H,3-4,6H2. The van der Waals surface area contributed by atoms with Gasteiger partial charge in [-0.05, 0) is 25.0 Å². The van der Waals surface area contributed by atoms with Gasteiger partial charge in [-0.2, -0.15) is 0 Å². The van der Waals surface area contributed by atoms with Gasteiger partial charge in [-0.15, -0.1) is 0 Å². The Balaban J connectivity index is 2.08. The largest absolute Gasteiger partial charge is 0.394 e. The van der Waals surface area contributed by atoms with Crippen molar-refractivity contribution in [2.75, 3.05) is 6.61 Å². The highest BCUT2D eigenvalue weighted by Crippen LogP contribution is 2.44. The van der Waals surface area contributed by atoms with Gasteiger partial charge in [0.25, 0.3) is 11.8 Å². The molecular weight excluding hydrogens is 208 g/mol. The zero-order valence-electron chi connectivity index (χ0n) is 8.51. The lowest BCUT2D eigenvalue weighted by Crippen LogP contribution is -2.44. The molecule has 2 aliphatic rings. The summed E-state index contributed by atoms with van der Waals surface area (Å²) in [4.78, 5) is 29.1. The lowest BCUT2D eigenvalue weighted by Gasteiger charge is -2.23. The number of aliphatic hydroxyl groups excluding tert-OH is 1. The van der Waals surface area contributed by atoms with E-state index in [-0.39, 0.29) is 24.1 Å². The third-order valence-electron chi connectivity index (χ3n) is 3.24. The maximum absolute atomic E-state index is 12.0. The Morgan fingerprint density at radius 3 is 2.69 bits per heavy atom. The zero-order valence-corrected chi connectivity index (χ0v) is 8.51. The topological polar surface area (TPSA) is 70.5 Å². The predicted octanol–water partition coefficient (Wildman–Crippen LogP) is 0.202. The van der Waals surface area contributed by atoms with Crippen LogP contribution in [0.15, 0.2) is 18.3 Å². The third-order valence-corrected chi connectivity index (χ3v) is 3.24. The molecule has 5 nitrogen and oxygen atoms in total. The van der Waals surface area contributed by atoms with E-state index in [1.54, 1.807) is 12.1 Å². The Kier molecular flexibility index (Phi) is 1.71. The van der Waals surface area contributed by atoms with E-state index in [1.807, 2.05) is 0 Å². The number of fused-ring (bicyclic) bond motifs is 1. The first-order valence-electron chi connectivity index (χ1n) is 5.14. The predicted molar refractivity (Wildman–Crippen MR) is 53.8 cm³/mol. The molecule has 1 saturated carbocycles. The number of pyridine rings is 1.